The number of alkyl carbamates (subject to hydrolysis) is 1. The number of hydrogen-bond donors (Lipinski definition) is 2. The third kappa shape index (κ3) is 6.61. The smallest absolute Gasteiger partial charge is 0.407 e. The molecular formula is C17H21ClN2O2. The molecule has 0 aliphatic carbocycles. The standard InChI is InChI=1S/C17H20N2O2.ClH/c18-16(11-14-7-3-1-4-8-14)12-19-17(20)21-13-15-9-5-2-6-10-15;/h1-10,16H,11-13,18H2,(H,19,20);1H/t16-;/m1./s1. The maximum atomic E-state index is 11.6. The Morgan fingerprint density at radius 1 is 1.00 bits per heavy atom. The van der Waals surface area contributed by atoms with E-state index in [-0.39, 0.29) is 25.1 Å². The molecule has 2 aromatic carbocycles. The van der Waals surface area contributed by atoms with Crippen molar-refractivity contribution in [1.29, 1.82) is 0 Å². The average Bonchev–Trinajstić information content (AvgIpc) is 2.53. The first-order valence-electron chi connectivity index (χ1n) is 6.98. The second-order valence-corrected chi connectivity index (χ2v) is 4.89. The molecule has 4 nitrogen and oxygen atoms in total. The molecule has 2 rings (SSSR count). The Balaban J connectivity index is 0.00000242. The first-order chi connectivity index (χ1) is 10.2. The summed E-state index contributed by atoms with van der Waals surface area (Å²) in [6.07, 6.45) is 0.280. The Morgan fingerprint density at radius 2 is 1.55 bits per heavy atom. The number of hydrogen-bond acceptors (Lipinski definition) is 3. The summed E-state index contributed by atoms with van der Waals surface area (Å²) in [4.78, 5) is 11.6. The van der Waals surface area contributed by atoms with E-state index in [1.54, 1.807) is 0 Å². The van der Waals surface area contributed by atoms with Crippen LogP contribution in [-0.2, 0) is 17.8 Å². The van der Waals surface area contributed by atoms with Crippen LogP contribution in [-0.4, -0.2) is 18.7 Å². The van der Waals surface area contributed by atoms with Crippen LogP contribution in [0.5, 0.6) is 0 Å². The molecule has 0 aromatic heterocycles. The van der Waals surface area contributed by atoms with Gasteiger partial charge in [0.05, 0.1) is 0 Å². The van der Waals surface area contributed by atoms with Gasteiger partial charge in [-0.25, -0.2) is 4.79 Å². The fourth-order valence-electron chi connectivity index (χ4n) is 1.98. The molecule has 0 aliphatic heterocycles. The Labute approximate surface area is 137 Å². The molecule has 118 valence electrons. The van der Waals surface area contributed by atoms with Gasteiger partial charge in [-0.3, -0.25) is 0 Å². The molecule has 0 unspecified atom stereocenters. The number of amides is 1. The zero-order chi connectivity index (χ0) is 14.9. The molecule has 0 saturated heterocycles. The van der Waals surface area contributed by atoms with Gasteiger partial charge in [0.15, 0.2) is 0 Å². The fraction of sp³-hybridized carbons (Fsp3) is 0.235. The molecule has 1 atom stereocenters. The minimum absolute atomic E-state index is 0. The van der Waals surface area contributed by atoms with Gasteiger partial charge in [-0.15, -0.1) is 12.4 Å². The minimum Gasteiger partial charge on any atom is -0.445 e. The Bertz CT molecular complexity index is 549. The van der Waals surface area contributed by atoms with E-state index in [2.05, 4.69) is 5.32 Å². The number of ether oxygens (including phenoxy) is 1. The SMILES string of the molecule is Cl.N[C@@H](CNC(=O)OCc1ccccc1)Cc1ccccc1. The highest BCUT2D eigenvalue weighted by molar-refractivity contribution is 5.85. The van der Waals surface area contributed by atoms with Crippen molar-refractivity contribution < 1.29 is 9.53 Å². The summed E-state index contributed by atoms with van der Waals surface area (Å²) in [5, 5.41) is 2.69. The molecule has 5 heteroatoms. The summed E-state index contributed by atoms with van der Waals surface area (Å²) < 4.78 is 5.12. The molecule has 2 aromatic rings. The van der Waals surface area contributed by atoms with Gasteiger partial charge in [-0.1, -0.05) is 60.7 Å². The number of benzene rings is 2. The molecule has 0 spiro atoms. The minimum atomic E-state index is -0.442. The van der Waals surface area contributed by atoms with Crippen molar-refractivity contribution >= 4 is 18.5 Å². The third-order valence-corrected chi connectivity index (χ3v) is 3.06. The fourth-order valence-corrected chi connectivity index (χ4v) is 1.98. The third-order valence-electron chi connectivity index (χ3n) is 3.06. The Kier molecular flexibility index (Phi) is 8.04. The van der Waals surface area contributed by atoms with Crippen LogP contribution in [0, 0.1) is 0 Å². The molecule has 0 bridgehead atoms. The zero-order valence-electron chi connectivity index (χ0n) is 12.3. The Morgan fingerprint density at radius 3 is 2.14 bits per heavy atom. The zero-order valence-corrected chi connectivity index (χ0v) is 13.1. The van der Waals surface area contributed by atoms with Crippen LogP contribution in [0.3, 0.4) is 0 Å². The lowest BCUT2D eigenvalue weighted by Crippen LogP contribution is -2.38. The lowest BCUT2D eigenvalue weighted by Gasteiger charge is -2.13. The maximum Gasteiger partial charge on any atom is 0.407 e. The highest BCUT2D eigenvalue weighted by Crippen LogP contribution is 2.02. The molecular weight excluding hydrogens is 300 g/mol. The van der Waals surface area contributed by atoms with E-state index in [4.69, 9.17) is 10.5 Å². The molecule has 0 aliphatic rings. The van der Waals surface area contributed by atoms with E-state index in [9.17, 15) is 4.79 Å². The van der Waals surface area contributed by atoms with Crippen molar-refractivity contribution in [2.75, 3.05) is 6.54 Å². The lowest BCUT2D eigenvalue weighted by atomic mass is 10.1. The van der Waals surface area contributed by atoms with Gasteiger partial charge in [0, 0.05) is 12.6 Å². The second-order valence-electron chi connectivity index (χ2n) is 4.89. The van der Waals surface area contributed by atoms with Crippen LogP contribution in [0.15, 0.2) is 60.7 Å². The molecule has 22 heavy (non-hydrogen) atoms. The van der Waals surface area contributed by atoms with E-state index in [0.717, 1.165) is 17.5 Å². The van der Waals surface area contributed by atoms with Gasteiger partial charge < -0.3 is 15.8 Å². The summed E-state index contributed by atoms with van der Waals surface area (Å²) >= 11 is 0. The van der Waals surface area contributed by atoms with Crippen LogP contribution in [0.1, 0.15) is 11.1 Å². The van der Waals surface area contributed by atoms with Gasteiger partial charge >= 0.3 is 6.09 Å². The van der Waals surface area contributed by atoms with Crippen LogP contribution in [0.25, 0.3) is 0 Å². The molecule has 0 heterocycles. The summed E-state index contributed by atoms with van der Waals surface area (Å²) in [7, 11) is 0. The van der Waals surface area contributed by atoms with E-state index >= 15 is 0 Å². The monoisotopic (exact) mass is 320 g/mol. The summed E-state index contributed by atoms with van der Waals surface area (Å²) in [6, 6.07) is 19.4. The summed E-state index contributed by atoms with van der Waals surface area (Å²) in [5.74, 6) is 0. The van der Waals surface area contributed by atoms with Crippen LogP contribution in [0.2, 0.25) is 0 Å². The highest BCUT2D eigenvalue weighted by Gasteiger charge is 2.07. The van der Waals surface area contributed by atoms with E-state index in [1.807, 2.05) is 60.7 Å². The van der Waals surface area contributed by atoms with Gasteiger partial charge in [-0.2, -0.15) is 0 Å². The lowest BCUT2D eigenvalue weighted by molar-refractivity contribution is 0.139. The van der Waals surface area contributed by atoms with Crippen LogP contribution < -0.4 is 11.1 Å². The highest BCUT2D eigenvalue weighted by atomic mass is 35.5. The largest absolute Gasteiger partial charge is 0.445 e. The van der Waals surface area contributed by atoms with Crippen molar-refractivity contribution in [2.45, 2.75) is 19.1 Å². The van der Waals surface area contributed by atoms with Crippen LogP contribution >= 0.6 is 12.4 Å². The normalized spacial score (nSPS) is 11.1. The van der Waals surface area contributed by atoms with Gasteiger partial charge in [0.25, 0.3) is 0 Å². The van der Waals surface area contributed by atoms with E-state index < -0.39 is 6.09 Å². The quantitative estimate of drug-likeness (QED) is 0.860. The summed E-state index contributed by atoms with van der Waals surface area (Å²) in [6.45, 7) is 0.656. The van der Waals surface area contributed by atoms with E-state index in [1.165, 1.54) is 0 Å². The van der Waals surface area contributed by atoms with Crippen molar-refractivity contribution in [3.05, 3.63) is 71.8 Å². The number of nitrogens with one attached hydrogen (secondary N) is 1. The number of nitrogens with two attached hydrogens (primary N) is 1. The molecule has 1 amide bonds. The van der Waals surface area contributed by atoms with Crippen molar-refractivity contribution in [3.63, 3.8) is 0 Å². The van der Waals surface area contributed by atoms with Crippen molar-refractivity contribution in [1.82, 2.24) is 5.32 Å². The predicted octanol–water partition coefficient (Wildman–Crippen LogP) is 2.90. The Hall–Kier alpha value is -2.04. The number of rotatable bonds is 6. The average molecular weight is 321 g/mol. The molecule has 0 saturated carbocycles. The van der Waals surface area contributed by atoms with Gasteiger partial charge in [0.2, 0.25) is 0 Å². The number of halogens is 1. The maximum absolute atomic E-state index is 11.6. The van der Waals surface area contributed by atoms with E-state index in [0.29, 0.717) is 6.54 Å². The predicted molar refractivity (Wildman–Crippen MR) is 90.0 cm³/mol. The second kappa shape index (κ2) is 9.82. The van der Waals surface area contributed by atoms with Gasteiger partial charge in [0.1, 0.15) is 6.61 Å². The van der Waals surface area contributed by atoms with Gasteiger partial charge in [-0.05, 0) is 17.5 Å². The van der Waals surface area contributed by atoms with Crippen molar-refractivity contribution in [3.8, 4) is 0 Å². The molecule has 0 radical (unpaired) electrons. The first-order valence-corrected chi connectivity index (χ1v) is 6.98. The number of carbonyl (C=O) groups is 1. The number of carbonyl (C=O) groups excluding carboxylic acids is 1. The topological polar surface area (TPSA) is 64.3 Å². The first kappa shape index (κ1) is 18.0. The van der Waals surface area contributed by atoms with Crippen LogP contribution in [0.4, 0.5) is 4.79 Å². The summed E-state index contributed by atoms with van der Waals surface area (Å²) in [5.41, 5.74) is 8.11. The van der Waals surface area contributed by atoms with Crippen molar-refractivity contribution in [2.24, 2.45) is 5.73 Å². The molecule has 0 fully saturated rings. The molecule has 3 N–H and O–H groups in total.